The number of hydrogen-bond acceptors (Lipinski definition) is 7. The van der Waals surface area contributed by atoms with Crippen molar-refractivity contribution in [3.8, 4) is 0 Å². The first kappa shape index (κ1) is 23.4. The lowest BCUT2D eigenvalue weighted by Gasteiger charge is -2.37. The average Bonchev–Trinajstić information content (AvgIpc) is 3.38. The third-order valence-electron chi connectivity index (χ3n) is 6.13. The van der Waals surface area contributed by atoms with E-state index in [1.54, 1.807) is 17.0 Å². The van der Waals surface area contributed by atoms with E-state index in [0.29, 0.717) is 37.2 Å². The lowest BCUT2D eigenvalue weighted by Crippen LogP contribution is -2.55. The maximum absolute atomic E-state index is 13.6. The summed E-state index contributed by atoms with van der Waals surface area (Å²) in [5, 5.41) is 0. The number of rotatable bonds is 7. The van der Waals surface area contributed by atoms with E-state index in [1.807, 2.05) is 48.5 Å². The van der Waals surface area contributed by atoms with Gasteiger partial charge in [-0.1, -0.05) is 54.6 Å². The Morgan fingerprint density at radius 1 is 0.886 bits per heavy atom. The number of amides is 1. The number of para-hydroxylation sites is 1. The highest BCUT2D eigenvalue weighted by Crippen LogP contribution is 2.22. The first-order valence-corrected chi connectivity index (χ1v) is 13.6. The van der Waals surface area contributed by atoms with E-state index in [1.165, 1.54) is 6.07 Å². The minimum Gasteiger partial charge on any atom is -0.368 e. The molecule has 0 aliphatic carbocycles. The van der Waals surface area contributed by atoms with Crippen LogP contribution in [0.1, 0.15) is 5.56 Å². The van der Waals surface area contributed by atoms with Crippen molar-refractivity contribution in [3.63, 3.8) is 0 Å². The van der Waals surface area contributed by atoms with E-state index in [0.717, 1.165) is 23.0 Å². The van der Waals surface area contributed by atoms with Gasteiger partial charge in [0.05, 0.1) is 11.7 Å². The van der Waals surface area contributed by atoms with Crippen LogP contribution in [-0.4, -0.2) is 60.2 Å². The van der Waals surface area contributed by atoms with E-state index >= 15 is 0 Å². The van der Waals surface area contributed by atoms with E-state index in [-0.39, 0.29) is 17.2 Å². The Kier molecular flexibility index (Phi) is 6.76. The molecule has 35 heavy (non-hydrogen) atoms. The summed E-state index contributed by atoms with van der Waals surface area (Å²) in [4.78, 5) is 17.6. The highest BCUT2D eigenvalue weighted by molar-refractivity contribution is 7.89. The van der Waals surface area contributed by atoms with Crippen LogP contribution in [0.15, 0.2) is 83.8 Å². The van der Waals surface area contributed by atoms with Crippen molar-refractivity contribution in [1.29, 1.82) is 0 Å². The van der Waals surface area contributed by atoms with Crippen molar-refractivity contribution in [2.45, 2.75) is 17.4 Å². The van der Waals surface area contributed by atoms with Gasteiger partial charge in [0.25, 0.3) is 0 Å². The van der Waals surface area contributed by atoms with E-state index in [9.17, 15) is 13.2 Å². The standard InChI is InChI=1S/C25H25N5O3S2/c31-25(30-16-14-29(15-17-30)20-10-5-2-6-11-20)22(18-19-8-3-1-4-9-19)28-35(32,33)23-13-7-12-21-24(23)27-34-26-21/h1-13,22,28H,14-18H2/t22-/m0/s1. The number of hydrogen-bond donors (Lipinski definition) is 1. The molecule has 1 aromatic heterocycles. The van der Waals surface area contributed by atoms with E-state index in [2.05, 4.69) is 30.5 Å². The molecule has 1 amide bonds. The van der Waals surface area contributed by atoms with Crippen LogP contribution in [0.2, 0.25) is 0 Å². The zero-order valence-corrected chi connectivity index (χ0v) is 20.6. The van der Waals surface area contributed by atoms with Crippen molar-refractivity contribution in [3.05, 3.63) is 84.4 Å². The molecule has 3 aromatic carbocycles. The molecule has 0 bridgehead atoms. The number of carbonyl (C=O) groups excluding carboxylic acids is 1. The lowest BCUT2D eigenvalue weighted by molar-refractivity contribution is -0.133. The van der Waals surface area contributed by atoms with Gasteiger partial charge < -0.3 is 9.80 Å². The summed E-state index contributed by atoms with van der Waals surface area (Å²) in [5.74, 6) is -0.228. The molecule has 1 aliphatic rings. The number of piperazine rings is 1. The molecule has 1 atom stereocenters. The summed E-state index contributed by atoms with van der Waals surface area (Å²) < 4.78 is 37.8. The van der Waals surface area contributed by atoms with Crippen molar-refractivity contribution in [2.24, 2.45) is 0 Å². The molecule has 4 aromatic rings. The summed E-state index contributed by atoms with van der Waals surface area (Å²) in [6.07, 6.45) is 0.253. The second-order valence-electron chi connectivity index (χ2n) is 8.40. The van der Waals surface area contributed by atoms with Crippen molar-refractivity contribution in [1.82, 2.24) is 18.4 Å². The quantitative estimate of drug-likeness (QED) is 0.413. The Hall–Kier alpha value is -3.34. The molecule has 0 spiro atoms. The zero-order chi connectivity index (χ0) is 24.3. The summed E-state index contributed by atoms with van der Waals surface area (Å²) in [7, 11) is -4.02. The Morgan fingerprint density at radius 2 is 1.57 bits per heavy atom. The Balaban J connectivity index is 1.37. The number of anilines is 1. The van der Waals surface area contributed by atoms with Gasteiger partial charge in [0.2, 0.25) is 15.9 Å². The molecule has 1 N–H and O–H groups in total. The number of fused-ring (bicyclic) bond motifs is 1. The molecular weight excluding hydrogens is 482 g/mol. The van der Waals surface area contributed by atoms with Gasteiger partial charge in [-0.15, -0.1) is 0 Å². The van der Waals surface area contributed by atoms with Crippen LogP contribution in [0.25, 0.3) is 11.0 Å². The highest BCUT2D eigenvalue weighted by Gasteiger charge is 2.32. The normalized spacial score (nSPS) is 15.3. The largest absolute Gasteiger partial charge is 0.368 e. The summed E-state index contributed by atoms with van der Waals surface area (Å²) >= 11 is 0.960. The Labute approximate surface area is 208 Å². The fraction of sp³-hybridized carbons (Fsp3) is 0.240. The molecule has 1 saturated heterocycles. The predicted molar refractivity (Wildman–Crippen MR) is 137 cm³/mol. The van der Waals surface area contributed by atoms with Crippen LogP contribution >= 0.6 is 11.7 Å². The smallest absolute Gasteiger partial charge is 0.243 e. The average molecular weight is 508 g/mol. The maximum atomic E-state index is 13.6. The molecule has 2 heterocycles. The van der Waals surface area contributed by atoms with E-state index in [4.69, 9.17) is 0 Å². The van der Waals surface area contributed by atoms with Crippen LogP contribution in [0.3, 0.4) is 0 Å². The van der Waals surface area contributed by atoms with Crippen LogP contribution in [0.5, 0.6) is 0 Å². The topological polar surface area (TPSA) is 95.5 Å². The number of carbonyl (C=O) groups is 1. The van der Waals surface area contributed by atoms with Gasteiger partial charge in [0.15, 0.2) is 0 Å². The predicted octanol–water partition coefficient (Wildman–Crippen LogP) is 2.93. The second-order valence-corrected chi connectivity index (χ2v) is 10.6. The number of nitrogens with zero attached hydrogens (tertiary/aromatic N) is 4. The number of nitrogens with one attached hydrogen (secondary N) is 1. The molecule has 1 aliphatic heterocycles. The summed E-state index contributed by atoms with van der Waals surface area (Å²) in [6, 6.07) is 23.4. The van der Waals surface area contributed by atoms with Crippen LogP contribution in [0, 0.1) is 0 Å². The lowest BCUT2D eigenvalue weighted by atomic mass is 10.1. The molecule has 10 heteroatoms. The number of aromatic nitrogens is 2. The molecule has 1 fully saturated rings. The van der Waals surface area contributed by atoms with Gasteiger partial charge >= 0.3 is 0 Å². The van der Waals surface area contributed by atoms with Crippen LogP contribution in [-0.2, 0) is 21.2 Å². The minimum absolute atomic E-state index is 0.0310. The molecule has 8 nitrogen and oxygen atoms in total. The number of benzene rings is 3. The van der Waals surface area contributed by atoms with Crippen molar-refractivity contribution >= 4 is 44.4 Å². The molecule has 180 valence electrons. The van der Waals surface area contributed by atoms with Gasteiger partial charge in [-0.3, -0.25) is 4.79 Å². The fourth-order valence-corrected chi connectivity index (χ4v) is 6.28. The van der Waals surface area contributed by atoms with E-state index < -0.39 is 16.1 Å². The maximum Gasteiger partial charge on any atom is 0.243 e. The molecule has 0 radical (unpaired) electrons. The van der Waals surface area contributed by atoms with Crippen molar-refractivity contribution in [2.75, 3.05) is 31.1 Å². The first-order valence-electron chi connectivity index (χ1n) is 11.4. The SMILES string of the molecule is O=C([C@H](Cc1ccccc1)NS(=O)(=O)c1cccc2nsnc12)N1CCN(c2ccccc2)CC1. The van der Waals surface area contributed by atoms with Crippen LogP contribution < -0.4 is 9.62 Å². The van der Waals surface area contributed by atoms with Gasteiger partial charge in [-0.05, 0) is 36.2 Å². The highest BCUT2D eigenvalue weighted by atomic mass is 32.2. The second kappa shape index (κ2) is 10.1. The van der Waals surface area contributed by atoms with Crippen LogP contribution in [0.4, 0.5) is 5.69 Å². The van der Waals surface area contributed by atoms with Gasteiger partial charge in [0, 0.05) is 31.9 Å². The Bertz CT molecular complexity index is 1400. The zero-order valence-electron chi connectivity index (χ0n) is 18.9. The van der Waals surface area contributed by atoms with Gasteiger partial charge in [-0.2, -0.15) is 13.5 Å². The molecular formula is C25H25N5O3S2. The van der Waals surface area contributed by atoms with Crippen molar-refractivity contribution < 1.29 is 13.2 Å². The monoisotopic (exact) mass is 507 g/mol. The molecule has 5 rings (SSSR count). The number of sulfonamides is 1. The molecule has 0 unspecified atom stereocenters. The summed E-state index contributed by atoms with van der Waals surface area (Å²) in [6.45, 7) is 2.41. The third kappa shape index (κ3) is 5.19. The molecule has 0 saturated carbocycles. The fourth-order valence-electron chi connectivity index (χ4n) is 4.32. The first-order chi connectivity index (χ1) is 17.0. The Morgan fingerprint density at radius 3 is 2.29 bits per heavy atom. The van der Waals surface area contributed by atoms with Gasteiger partial charge in [-0.25, -0.2) is 8.42 Å². The van der Waals surface area contributed by atoms with Gasteiger partial charge in [0.1, 0.15) is 22.0 Å². The summed E-state index contributed by atoms with van der Waals surface area (Å²) in [5.41, 5.74) is 2.82. The minimum atomic E-state index is -4.02. The third-order valence-corrected chi connectivity index (χ3v) is 8.18.